The molecule has 0 bridgehead atoms. The topological polar surface area (TPSA) is 67.2 Å². The minimum atomic E-state index is -0.146. The molecule has 2 aliphatic rings. The molecule has 0 saturated heterocycles. The summed E-state index contributed by atoms with van der Waals surface area (Å²) >= 11 is 0. The van der Waals surface area contributed by atoms with Gasteiger partial charge in [0.15, 0.2) is 0 Å². The summed E-state index contributed by atoms with van der Waals surface area (Å²) in [6.45, 7) is 6.53. The van der Waals surface area contributed by atoms with E-state index in [0.717, 1.165) is 18.6 Å². The molecule has 25 heavy (non-hydrogen) atoms. The Labute approximate surface area is 148 Å². The standard InChI is InChI=1S/C20H25N3O2/c1-20(2,3)15-10-21-16(25-15)11-22-19(24)23-18-14-9-8-12-6-4-5-7-13(12)17(14)18/h4-7,10,14,17-18H,8-9,11H2,1-3H3,(H2,22,23,24). The summed E-state index contributed by atoms with van der Waals surface area (Å²) in [5.41, 5.74) is 2.76. The summed E-state index contributed by atoms with van der Waals surface area (Å²) in [5.74, 6) is 2.42. The smallest absolute Gasteiger partial charge is 0.315 e. The summed E-state index contributed by atoms with van der Waals surface area (Å²) in [7, 11) is 0. The SMILES string of the molecule is CC(C)(C)c1cnc(CNC(=O)NC2C3CCc4ccccc4C32)o1. The first-order chi connectivity index (χ1) is 11.9. The average Bonchev–Trinajstić information content (AvgIpc) is 3.04. The van der Waals surface area contributed by atoms with Gasteiger partial charge in [-0.05, 0) is 29.9 Å². The molecule has 1 fully saturated rings. The number of nitrogens with zero attached hydrogens (tertiary/aromatic N) is 1. The molecule has 2 N–H and O–H groups in total. The number of carbonyl (C=O) groups excluding carboxylic acids is 1. The molecular weight excluding hydrogens is 314 g/mol. The summed E-state index contributed by atoms with van der Waals surface area (Å²) in [4.78, 5) is 16.5. The van der Waals surface area contributed by atoms with Gasteiger partial charge in [-0.2, -0.15) is 0 Å². The van der Waals surface area contributed by atoms with E-state index < -0.39 is 0 Å². The van der Waals surface area contributed by atoms with Crippen LogP contribution in [0.5, 0.6) is 0 Å². The fourth-order valence-corrected chi connectivity index (χ4v) is 3.86. The van der Waals surface area contributed by atoms with E-state index in [2.05, 4.69) is 60.7 Å². The van der Waals surface area contributed by atoms with Crippen LogP contribution in [0.2, 0.25) is 0 Å². The predicted molar refractivity (Wildman–Crippen MR) is 95.4 cm³/mol. The fraction of sp³-hybridized carbons (Fsp3) is 0.500. The summed E-state index contributed by atoms with van der Waals surface area (Å²) < 4.78 is 5.71. The van der Waals surface area contributed by atoms with Crippen molar-refractivity contribution in [1.29, 1.82) is 0 Å². The minimum Gasteiger partial charge on any atom is -0.443 e. The zero-order valence-corrected chi connectivity index (χ0v) is 15.0. The fourth-order valence-electron chi connectivity index (χ4n) is 3.86. The Kier molecular flexibility index (Phi) is 3.82. The van der Waals surface area contributed by atoms with Crippen molar-refractivity contribution >= 4 is 6.03 Å². The van der Waals surface area contributed by atoms with Gasteiger partial charge in [-0.3, -0.25) is 0 Å². The molecule has 2 amide bonds. The lowest BCUT2D eigenvalue weighted by atomic mass is 9.92. The van der Waals surface area contributed by atoms with Crippen LogP contribution in [0.3, 0.4) is 0 Å². The maximum Gasteiger partial charge on any atom is 0.315 e. The lowest BCUT2D eigenvalue weighted by molar-refractivity contribution is 0.238. The predicted octanol–water partition coefficient (Wildman–Crippen LogP) is 3.50. The molecule has 3 atom stereocenters. The normalized spacial score (nSPS) is 24.2. The van der Waals surface area contributed by atoms with Gasteiger partial charge in [-0.15, -0.1) is 0 Å². The van der Waals surface area contributed by atoms with Crippen LogP contribution in [0.1, 0.15) is 55.9 Å². The minimum absolute atomic E-state index is 0.0788. The van der Waals surface area contributed by atoms with Crippen molar-refractivity contribution in [2.24, 2.45) is 5.92 Å². The number of oxazole rings is 1. The lowest BCUT2D eigenvalue weighted by Gasteiger charge is -2.13. The first kappa shape index (κ1) is 16.2. The number of hydrogen-bond donors (Lipinski definition) is 2. The molecule has 4 rings (SSSR count). The van der Waals surface area contributed by atoms with Gasteiger partial charge in [-0.1, -0.05) is 45.0 Å². The van der Waals surface area contributed by atoms with E-state index in [1.165, 1.54) is 11.1 Å². The second-order valence-corrected chi connectivity index (χ2v) is 8.15. The Morgan fingerprint density at radius 3 is 2.88 bits per heavy atom. The largest absolute Gasteiger partial charge is 0.443 e. The van der Waals surface area contributed by atoms with Crippen molar-refractivity contribution < 1.29 is 9.21 Å². The van der Waals surface area contributed by atoms with Gasteiger partial charge in [-0.25, -0.2) is 9.78 Å². The number of nitrogens with one attached hydrogen (secondary N) is 2. The quantitative estimate of drug-likeness (QED) is 0.899. The Bertz CT molecular complexity index is 790. The highest BCUT2D eigenvalue weighted by atomic mass is 16.4. The van der Waals surface area contributed by atoms with Crippen LogP contribution in [0, 0.1) is 5.92 Å². The molecule has 1 saturated carbocycles. The van der Waals surface area contributed by atoms with E-state index in [0.29, 0.717) is 24.3 Å². The van der Waals surface area contributed by atoms with Crippen LogP contribution in [-0.2, 0) is 18.4 Å². The van der Waals surface area contributed by atoms with Crippen LogP contribution >= 0.6 is 0 Å². The molecule has 0 radical (unpaired) electrons. The zero-order valence-electron chi connectivity index (χ0n) is 15.0. The molecule has 2 aromatic rings. The van der Waals surface area contributed by atoms with Gasteiger partial charge in [0.1, 0.15) is 5.76 Å². The third-order valence-electron chi connectivity index (χ3n) is 5.32. The van der Waals surface area contributed by atoms with E-state index in [-0.39, 0.29) is 17.5 Å². The Balaban J connectivity index is 1.32. The molecule has 2 aliphatic carbocycles. The Hall–Kier alpha value is -2.30. The van der Waals surface area contributed by atoms with Gasteiger partial charge < -0.3 is 15.1 Å². The van der Waals surface area contributed by atoms with Crippen molar-refractivity contribution in [2.45, 2.75) is 57.5 Å². The molecule has 1 heterocycles. The van der Waals surface area contributed by atoms with Crippen molar-refractivity contribution in [1.82, 2.24) is 15.6 Å². The highest BCUT2D eigenvalue weighted by Gasteiger charge is 2.53. The van der Waals surface area contributed by atoms with E-state index in [1.807, 2.05) is 0 Å². The third kappa shape index (κ3) is 3.15. The van der Waals surface area contributed by atoms with E-state index in [4.69, 9.17) is 4.42 Å². The number of urea groups is 1. The maximum atomic E-state index is 12.2. The second kappa shape index (κ2) is 5.90. The lowest BCUT2D eigenvalue weighted by Crippen LogP contribution is -2.37. The number of aryl methyl sites for hydroxylation is 1. The van der Waals surface area contributed by atoms with E-state index in [9.17, 15) is 4.79 Å². The van der Waals surface area contributed by atoms with Crippen LogP contribution < -0.4 is 10.6 Å². The maximum absolute atomic E-state index is 12.2. The van der Waals surface area contributed by atoms with E-state index in [1.54, 1.807) is 6.20 Å². The monoisotopic (exact) mass is 339 g/mol. The van der Waals surface area contributed by atoms with Crippen molar-refractivity contribution in [2.75, 3.05) is 0 Å². The number of fused-ring (bicyclic) bond motifs is 3. The molecule has 0 spiro atoms. The number of rotatable bonds is 3. The molecule has 5 nitrogen and oxygen atoms in total. The highest BCUT2D eigenvalue weighted by molar-refractivity contribution is 5.75. The summed E-state index contributed by atoms with van der Waals surface area (Å²) in [6.07, 6.45) is 4.01. The van der Waals surface area contributed by atoms with Crippen LogP contribution in [0.4, 0.5) is 4.79 Å². The number of benzene rings is 1. The van der Waals surface area contributed by atoms with Crippen LogP contribution in [0.25, 0.3) is 0 Å². The second-order valence-electron chi connectivity index (χ2n) is 8.15. The summed E-state index contributed by atoms with van der Waals surface area (Å²) in [6, 6.07) is 8.69. The number of amides is 2. The molecule has 1 aromatic heterocycles. The molecule has 0 aliphatic heterocycles. The molecule has 5 heteroatoms. The molecule has 132 valence electrons. The first-order valence-corrected chi connectivity index (χ1v) is 9.01. The number of hydrogen-bond acceptors (Lipinski definition) is 3. The van der Waals surface area contributed by atoms with Crippen LogP contribution in [0.15, 0.2) is 34.9 Å². The zero-order chi connectivity index (χ0) is 17.6. The average molecular weight is 339 g/mol. The van der Waals surface area contributed by atoms with E-state index >= 15 is 0 Å². The van der Waals surface area contributed by atoms with Gasteiger partial charge in [0.05, 0.1) is 12.7 Å². The Morgan fingerprint density at radius 2 is 2.12 bits per heavy atom. The molecule has 3 unspecified atom stereocenters. The van der Waals surface area contributed by atoms with Crippen molar-refractivity contribution in [3.05, 3.63) is 53.2 Å². The molecular formula is C20H25N3O2. The Morgan fingerprint density at radius 1 is 1.32 bits per heavy atom. The summed E-state index contributed by atoms with van der Waals surface area (Å²) in [5, 5.41) is 5.99. The van der Waals surface area contributed by atoms with Gasteiger partial charge >= 0.3 is 6.03 Å². The number of carbonyl (C=O) groups is 1. The van der Waals surface area contributed by atoms with Gasteiger partial charge in [0, 0.05) is 17.4 Å². The first-order valence-electron chi connectivity index (χ1n) is 9.01. The van der Waals surface area contributed by atoms with Gasteiger partial charge in [0.25, 0.3) is 0 Å². The highest BCUT2D eigenvalue weighted by Crippen LogP contribution is 2.54. The van der Waals surface area contributed by atoms with Crippen molar-refractivity contribution in [3.63, 3.8) is 0 Å². The molecule has 1 aromatic carbocycles. The van der Waals surface area contributed by atoms with Gasteiger partial charge in [0.2, 0.25) is 5.89 Å². The van der Waals surface area contributed by atoms with Crippen molar-refractivity contribution in [3.8, 4) is 0 Å². The third-order valence-corrected chi connectivity index (χ3v) is 5.32. The van der Waals surface area contributed by atoms with Crippen LogP contribution in [-0.4, -0.2) is 17.1 Å². The number of aromatic nitrogens is 1.